The van der Waals surface area contributed by atoms with Gasteiger partial charge in [-0.05, 0) is 31.2 Å². The van der Waals surface area contributed by atoms with E-state index in [4.69, 9.17) is 17.3 Å². The van der Waals surface area contributed by atoms with Crippen LogP contribution in [-0.4, -0.2) is 30.1 Å². The van der Waals surface area contributed by atoms with Gasteiger partial charge in [-0.3, -0.25) is 0 Å². The van der Waals surface area contributed by atoms with E-state index in [1.165, 1.54) is 4.52 Å². The van der Waals surface area contributed by atoms with Crippen LogP contribution in [0.1, 0.15) is 11.4 Å². The molecule has 0 amide bonds. The lowest BCUT2D eigenvalue weighted by molar-refractivity contribution is 0.595. The Morgan fingerprint density at radius 3 is 2.62 bits per heavy atom. The topological polar surface area (TPSA) is 102 Å². The van der Waals surface area contributed by atoms with Crippen LogP contribution in [0, 0.1) is 12.7 Å². The zero-order valence-corrected chi connectivity index (χ0v) is 16.2. The number of fused-ring (bicyclic) bond motifs is 1. The standard InChI is InChI=1S/C15H15ClFN5O2S.ClH/c1-8-5-9(7-18)22-15(20-8)13(14(19-2)21-22)25(23,24)10-3-4-12(17)11(16)6-10;/h3-6H,7,18H2,1-2H3,(H,19,21);1H. The van der Waals surface area contributed by atoms with Crippen LogP contribution in [0.5, 0.6) is 0 Å². The van der Waals surface area contributed by atoms with E-state index in [9.17, 15) is 12.8 Å². The number of sulfone groups is 1. The Morgan fingerprint density at radius 2 is 2.04 bits per heavy atom. The van der Waals surface area contributed by atoms with Gasteiger partial charge in [0.25, 0.3) is 0 Å². The zero-order chi connectivity index (χ0) is 18.4. The Morgan fingerprint density at radius 1 is 1.35 bits per heavy atom. The first-order valence-electron chi connectivity index (χ1n) is 7.26. The Hall–Kier alpha value is -1.94. The third-order valence-electron chi connectivity index (χ3n) is 3.66. The molecule has 140 valence electrons. The molecule has 1 aromatic carbocycles. The maximum absolute atomic E-state index is 13.4. The Labute approximate surface area is 160 Å². The predicted molar refractivity (Wildman–Crippen MR) is 99.3 cm³/mol. The number of rotatable bonds is 4. The second kappa shape index (κ2) is 7.36. The fourth-order valence-corrected chi connectivity index (χ4v) is 4.28. The quantitative estimate of drug-likeness (QED) is 0.629. The van der Waals surface area contributed by atoms with Gasteiger partial charge in [0.15, 0.2) is 16.4 Å². The van der Waals surface area contributed by atoms with Crippen molar-refractivity contribution >= 4 is 45.3 Å². The van der Waals surface area contributed by atoms with Crippen molar-refractivity contribution in [3.63, 3.8) is 0 Å². The highest BCUT2D eigenvalue weighted by Gasteiger charge is 2.29. The zero-order valence-electron chi connectivity index (χ0n) is 13.8. The molecule has 0 spiro atoms. The van der Waals surface area contributed by atoms with Crippen molar-refractivity contribution in [2.75, 3.05) is 12.4 Å². The minimum absolute atomic E-state index is 0. The monoisotopic (exact) mass is 419 g/mol. The fourth-order valence-electron chi connectivity index (χ4n) is 2.51. The normalized spacial score (nSPS) is 11.4. The lowest BCUT2D eigenvalue weighted by atomic mass is 10.3. The van der Waals surface area contributed by atoms with Crippen LogP contribution >= 0.6 is 24.0 Å². The number of aryl methyl sites for hydroxylation is 1. The highest BCUT2D eigenvalue weighted by molar-refractivity contribution is 7.91. The van der Waals surface area contributed by atoms with E-state index in [1.807, 2.05) is 0 Å². The molecular formula is C15H16Cl2FN5O2S. The summed E-state index contributed by atoms with van der Waals surface area (Å²) in [6, 6.07) is 4.95. The predicted octanol–water partition coefficient (Wildman–Crippen LogP) is 2.59. The molecule has 0 radical (unpaired) electrons. The number of anilines is 1. The molecule has 2 aromatic heterocycles. The lowest BCUT2D eigenvalue weighted by Gasteiger charge is -2.07. The molecule has 7 nitrogen and oxygen atoms in total. The molecule has 0 fully saturated rings. The molecule has 0 saturated heterocycles. The molecule has 2 heterocycles. The van der Waals surface area contributed by atoms with E-state index in [0.717, 1.165) is 18.2 Å². The summed E-state index contributed by atoms with van der Waals surface area (Å²) in [5.41, 5.74) is 7.08. The molecular weight excluding hydrogens is 404 g/mol. The number of hydrogen-bond donors (Lipinski definition) is 2. The number of hydrogen-bond acceptors (Lipinski definition) is 6. The minimum atomic E-state index is -4.05. The third-order valence-corrected chi connectivity index (χ3v) is 5.74. The summed E-state index contributed by atoms with van der Waals surface area (Å²) < 4.78 is 41.0. The van der Waals surface area contributed by atoms with Crippen LogP contribution in [0.15, 0.2) is 34.1 Å². The maximum Gasteiger partial charge on any atom is 0.214 e. The van der Waals surface area contributed by atoms with E-state index in [-0.39, 0.29) is 45.2 Å². The highest BCUT2D eigenvalue weighted by Crippen LogP contribution is 2.32. The number of aromatic nitrogens is 3. The Bertz CT molecular complexity index is 1090. The summed E-state index contributed by atoms with van der Waals surface area (Å²) in [7, 11) is -2.50. The molecule has 3 rings (SSSR count). The Kier molecular flexibility index (Phi) is 5.76. The molecule has 26 heavy (non-hydrogen) atoms. The summed E-state index contributed by atoms with van der Waals surface area (Å²) >= 11 is 5.74. The minimum Gasteiger partial charge on any atom is -0.370 e. The number of benzene rings is 1. The summed E-state index contributed by atoms with van der Waals surface area (Å²) in [6.45, 7) is 1.89. The summed E-state index contributed by atoms with van der Waals surface area (Å²) in [6.07, 6.45) is 0. The first-order valence-corrected chi connectivity index (χ1v) is 9.13. The number of nitrogens with one attached hydrogen (secondary N) is 1. The van der Waals surface area contributed by atoms with Crippen molar-refractivity contribution in [3.8, 4) is 0 Å². The number of halogens is 3. The van der Waals surface area contributed by atoms with Crippen molar-refractivity contribution in [2.24, 2.45) is 5.73 Å². The smallest absolute Gasteiger partial charge is 0.214 e. The van der Waals surface area contributed by atoms with Gasteiger partial charge in [0, 0.05) is 19.3 Å². The van der Waals surface area contributed by atoms with Gasteiger partial charge in [0.1, 0.15) is 5.82 Å². The number of nitrogens with zero attached hydrogens (tertiary/aromatic N) is 3. The van der Waals surface area contributed by atoms with Crippen LogP contribution in [-0.2, 0) is 16.4 Å². The second-order valence-corrected chi connectivity index (χ2v) is 7.63. The molecule has 0 atom stereocenters. The molecule has 0 aliphatic rings. The maximum atomic E-state index is 13.4. The average Bonchev–Trinajstić information content (AvgIpc) is 2.95. The van der Waals surface area contributed by atoms with Crippen molar-refractivity contribution in [3.05, 3.63) is 46.5 Å². The molecule has 0 saturated carbocycles. The van der Waals surface area contributed by atoms with Crippen molar-refractivity contribution in [2.45, 2.75) is 23.3 Å². The van der Waals surface area contributed by atoms with Gasteiger partial charge in [-0.25, -0.2) is 22.3 Å². The van der Waals surface area contributed by atoms with Crippen LogP contribution in [0.4, 0.5) is 10.2 Å². The van der Waals surface area contributed by atoms with Gasteiger partial charge in [-0.15, -0.1) is 17.5 Å². The molecule has 3 aromatic rings. The third kappa shape index (κ3) is 3.23. The van der Waals surface area contributed by atoms with Crippen molar-refractivity contribution in [1.82, 2.24) is 14.6 Å². The fraction of sp³-hybridized carbons (Fsp3) is 0.200. The van der Waals surface area contributed by atoms with Crippen LogP contribution in [0.2, 0.25) is 5.02 Å². The van der Waals surface area contributed by atoms with Crippen LogP contribution in [0.25, 0.3) is 5.65 Å². The lowest BCUT2D eigenvalue weighted by Crippen LogP contribution is -2.08. The van der Waals surface area contributed by atoms with Gasteiger partial charge < -0.3 is 11.1 Å². The highest BCUT2D eigenvalue weighted by atomic mass is 35.5. The number of nitrogens with two attached hydrogens (primary N) is 1. The van der Waals surface area contributed by atoms with Gasteiger partial charge in [-0.2, -0.15) is 0 Å². The second-order valence-electron chi connectivity index (χ2n) is 5.34. The molecule has 0 aliphatic carbocycles. The van der Waals surface area contributed by atoms with E-state index in [0.29, 0.717) is 11.4 Å². The first kappa shape index (κ1) is 20.4. The van der Waals surface area contributed by atoms with Crippen molar-refractivity contribution in [1.29, 1.82) is 0 Å². The van der Waals surface area contributed by atoms with E-state index >= 15 is 0 Å². The molecule has 11 heteroatoms. The van der Waals surface area contributed by atoms with E-state index in [1.54, 1.807) is 20.0 Å². The van der Waals surface area contributed by atoms with E-state index in [2.05, 4.69) is 15.4 Å². The van der Waals surface area contributed by atoms with Gasteiger partial charge in [-0.1, -0.05) is 11.6 Å². The average molecular weight is 420 g/mol. The molecule has 0 unspecified atom stereocenters. The molecule has 0 bridgehead atoms. The Balaban J connectivity index is 0.00000243. The van der Waals surface area contributed by atoms with Gasteiger partial charge in [0.2, 0.25) is 9.84 Å². The van der Waals surface area contributed by atoms with Crippen LogP contribution < -0.4 is 11.1 Å². The van der Waals surface area contributed by atoms with Crippen LogP contribution in [0.3, 0.4) is 0 Å². The van der Waals surface area contributed by atoms with Gasteiger partial charge in [0.05, 0.1) is 15.6 Å². The molecule has 3 N–H and O–H groups in total. The van der Waals surface area contributed by atoms with E-state index < -0.39 is 15.7 Å². The largest absolute Gasteiger partial charge is 0.370 e. The summed E-state index contributed by atoms with van der Waals surface area (Å²) in [5, 5.41) is 6.73. The SMILES string of the molecule is CNc1nn2c(CN)cc(C)nc2c1S(=O)(=O)c1ccc(F)c(Cl)c1.Cl. The van der Waals surface area contributed by atoms with Gasteiger partial charge >= 0.3 is 0 Å². The summed E-state index contributed by atoms with van der Waals surface area (Å²) in [4.78, 5) is 4.04. The molecule has 0 aliphatic heterocycles. The summed E-state index contributed by atoms with van der Waals surface area (Å²) in [5.74, 6) is -0.582. The van der Waals surface area contributed by atoms with Crippen molar-refractivity contribution < 1.29 is 12.8 Å². The first-order chi connectivity index (χ1) is 11.8.